The Kier molecular flexibility index (Phi) is 2.36. The van der Waals surface area contributed by atoms with Gasteiger partial charge in [-0.2, -0.15) is 0 Å². The second kappa shape index (κ2) is 3.43. The maximum absolute atomic E-state index is 11.9. The van der Waals surface area contributed by atoms with E-state index in [0.717, 1.165) is 32.1 Å². The molecule has 0 radical (unpaired) electrons. The van der Waals surface area contributed by atoms with Gasteiger partial charge < -0.3 is 4.74 Å². The third-order valence-corrected chi connectivity index (χ3v) is 6.59. The molecule has 16 heavy (non-hydrogen) atoms. The second-order valence-corrected chi connectivity index (χ2v) is 7.45. The fourth-order valence-corrected chi connectivity index (χ4v) is 4.85. The molecule has 92 valence electrons. The molecular weight excluding hydrogens is 226 g/mol. The first kappa shape index (κ1) is 11.0. The van der Waals surface area contributed by atoms with Gasteiger partial charge in [0.1, 0.15) is 0 Å². The molecule has 0 aromatic carbocycles. The predicted molar refractivity (Wildman–Crippen MR) is 60.6 cm³/mol. The molecule has 0 aromatic rings. The summed E-state index contributed by atoms with van der Waals surface area (Å²) >= 11 is 0. The van der Waals surface area contributed by atoms with Gasteiger partial charge >= 0.3 is 0 Å². The minimum Gasteiger partial charge on any atom is -0.381 e. The summed E-state index contributed by atoms with van der Waals surface area (Å²) in [5.74, 6) is 0. The van der Waals surface area contributed by atoms with E-state index < -0.39 is 10.0 Å². The maximum Gasteiger partial charge on any atom is 0.214 e. The van der Waals surface area contributed by atoms with Crippen LogP contribution in [0.5, 0.6) is 0 Å². The molecule has 5 heteroatoms. The molecule has 0 heterocycles. The zero-order valence-electron chi connectivity index (χ0n) is 9.61. The Morgan fingerprint density at radius 2 is 2.00 bits per heavy atom. The minimum atomic E-state index is -3.03. The van der Waals surface area contributed by atoms with Crippen molar-refractivity contribution in [1.82, 2.24) is 4.72 Å². The lowest BCUT2D eigenvalue weighted by Crippen LogP contribution is -2.67. The fourth-order valence-electron chi connectivity index (χ4n) is 3.17. The van der Waals surface area contributed by atoms with Gasteiger partial charge in [0.15, 0.2) is 0 Å². The number of hydrogen-bond acceptors (Lipinski definition) is 3. The summed E-state index contributed by atoms with van der Waals surface area (Å²) in [4.78, 5) is 0. The highest BCUT2D eigenvalue weighted by atomic mass is 32.2. The van der Waals surface area contributed by atoms with Crippen LogP contribution in [0.4, 0.5) is 0 Å². The average molecular weight is 245 g/mol. The smallest absolute Gasteiger partial charge is 0.214 e. The minimum absolute atomic E-state index is 0.105. The fraction of sp³-hybridized carbons (Fsp3) is 1.00. The molecule has 0 unspecified atom stereocenters. The van der Waals surface area contributed by atoms with Crippen LogP contribution >= 0.6 is 0 Å². The van der Waals surface area contributed by atoms with E-state index in [2.05, 4.69) is 4.72 Å². The van der Waals surface area contributed by atoms with Gasteiger partial charge in [0.05, 0.1) is 11.4 Å². The Hall–Kier alpha value is -0.130. The second-order valence-electron chi connectivity index (χ2n) is 5.46. The first-order valence-corrected chi connectivity index (χ1v) is 7.67. The molecule has 2 atom stereocenters. The number of hydrogen-bond donors (Lipinski definition) is 1. The summed E-state index contributed by atoms with van der Waals surface area (Å²) in [5.41, 5.74) is 0.136. The van der Waals surface area contributed by atoms with Gasteiger partial charge in [-0.25, -0.2) is 13.1 Å². The van der Waals surface area contributed by atoms with Gasteiger partial charge in [-0.1, -0.05) is 6.42 Å². The third kappa shape index (κ3) is 1.45. The van der Waals surface area contributed by atoms with Crippen LogP contribution in [0.25, 0.3) is 0 Å². The topological polar surface area (TPSA) is 55.4 Å². The van der Waals surface area contributed by atoms with E-state index in [1.54, 1.807) is 7.11 Å². The molecule has 0 amide bonds. The van der Waals surface area contributed by atoms with Gasteiger partial charge in [-0.15, -0.1) is 0 Å². The lowest BCUT2D eigenvalue weighted by molar-refractivity contribution is -0.155. The maximum atomic E-state index is 11.9. The van der Waals surface area contributed by atoms with E-state index in [4.69, 9.17) is 4.74 Å². The Morgan fingerprint density at radius 1 is 1.31 bits per heavy atom. The van der Waals surface area contributed by atoms with Crippen molar-refractivity contribution in [2.75, 3.05) is 7.11 Å². The first-order chi connectivity index (χ1) is 7.58. The SMILES string of the molecule is CO[C@H]1C[C@H](NS(=O)(=O)C2CC2)C12CCC2. The van der Waals surface area contributed by atoms with Crippen molar-refractivity contribution in [2.24, 2.45) is 5.41 Å². The van der Waals surface area contributed by atoms with E-state index in [0.29, 0.717) is 0 Å². The Labute approximate surface area is 96.8 Å². The van der Waals surface area contributed by atoms with E-state index in [1.165, 1.54) is 6.42 Å². The van der Waals surface area contributed by atoms with E-state index in [-0.39, 0.29) is 22.8 Å². The first-order valence-electron chi connectivity index (χ1n) is 6.12. The highest BCUT2D eigenvalue weighted by Gasteiger charge is 2.60. The average Bonchev–Trinajstić information content (AvgIpc) is 2.91. The monoisotopic (exact) mass is 245 g/mol. The molecule has 1 N–H and O–H groups in total. The molecule has 0 aliphatic heterocycles. The third-order valence-electron chi connectivity index (χ3n) is 4.62. The molecule has 3 rings (SSSR count). The van der Waals surface area contributed by atoms with Gasteiger partial charge in [0.25, 0.3) is 0 Å². The molecule has 3 aliphatic rings. The van der Waals surface area contributed by atoms with Crippen molar-refractivity contribution in [1.29, 1.82) is 0 Å². The summed E-state index contributed by atoms with van der Waals surface area (Å²) in [5, 5.41) is -0.105. The van der Waals surface area contributed by atoms with Crippen LogP contribution in [0.15, 0.2) is 0 Å². The quantitative estimate of drug-likeness (QED) is 0.804. The zero-order chi connectivity index (χ0) is 11.4. The predicted octanol–water partition coefficient (Wildman–Crippen LogP) is 1.03. The molecule has 0 saturated heterocycles. The van der Waals surface area contributed by atoms with Crippen LogP contribution in [-0.4, -0.2) is 32.9 Å². The van der Waals surface area contributed by atoms with Gasteiger partial charge in [0.2, 0.25) is 10.0 Å². The summed E-state index contributed by atoms with van der Waals surface area (Å²) < 4.78 is 32.1. The van der Waals surface area contributed by atoms with Gasteiger partial charge in [0, 0.05) is 18.6 Å². The van der Waals surface area contributed by atoms with Crippen LogP contribution in [0.2, 0.25) is 0 Å². The summed E-state index contributed by atoms with van der Waals surface area (Å²) in [6, 6.07) is 0.136. The zero-order valence-corrected chi connectivity index (χ0v) is 10.4. The normalized spacial score (nSPS) is 36.8. The lowest BCUT2D eigenvalue weighted by Gasteiger charge is -2.60. The molecule has 0 aromatic heterocycles. The number of nitrogens with one attached hydrogen (secondary N) is 1. The molecular formula is C11H19NO3S. The van der Waals surface area contributed by atoms with Crippen LogP contribution in [0.1, 0.15) is 38.5 Å². The standard InChI is InChI=1S/C11H19NO3S/c1-15-10-7-9(11(10)5-2-6-11)12-16(13,14)8-3-4-8/h8-10,12H,2-7H2,1H3/t9-,10-/m0/s1. The van der Waals surface area contributed by atoms with Gasteiger partial charge in [-0.3, -0.25) is 0 Å². The summed E-state index contributed by atoms with van der Waals surface area (Å²) in [6.07, 6.45) is 6.23. The summed E-state index contributed by atoms with van der Waals surface area (Å²) in [6.45, 7) is 0. The molecule has 4 nitrogen and oxygen atoms in total. The largest absolute Gasteiger partial charge is 0.381 e. The van der Waals surface area contributed by atoms with E-state index in [9.17, 15) is 8.42 Å². The molecule has 0 bridgehead atoms. The summed E-state index contributed by atoms with van der Waals surface area (Å²) in [7, 11) is -1.30. The van der Waals surface area contributed by atoms with Gasteiger partial charge in [-0.05, 0) is 32.1 Å². The lowest BCUT2D eigenvalue weighted by atomic mass is 9.51. The Morgan fingerprint density at radius 3 is 2.44 bits per heavy atom. The molecule has 3 fully saturated rings. The number of methoxy groups -OCH3 is 1. The molecule has 3 saturated carbocycles. The Bertz CT molecular complexity index is 384. The van der Waals surface area contributed by atoms with Crippen molar-refractivity contribution in [3.8, 4) is 0 Å². The van der Waals surface area contributed by atoms with Crippen LogP contribution < -0.4 is 4.72 Å². The highest BCUT2D eigenvalue weighted by Crippen LogP contribution is 2.57. The highest BCUT2D eigenvalue weighted by molar-refractivity contribution is 7.90. The van der Waals surface area contributed by atoms with Crippen LogP contribution in [0, 0.1) is 5.41 Å². The molecule has 3 aliphatic carbocycles. The van der Waals surface area contributed by atoms with Crippen molar-refractivity contribution in [3.05, 3.63) is 0 Å². The van der Waals surface area contributed by atoms with Crippen LogP contribution in [0.3, 0.4) is 0 Å². The Balaban J connectivity index is 1.68. The number of rotatable bonds is 4. The van der Waals surface area contributed by atoms with E-state index >= 15 is 0 Å². The van der Waals surface area contributed by atoms with E-state index in [1.807, 2.05) is 0 Å². The number of ether oxygens (including phenoxy) is 1. The van der Waals surface area contributed by atoms with Crippen molar-refractivity contribution < 1.29 is 13.2 Å². The van der Waals surface area contributed by atoms with Crippen molar-refractivity contribution in [3.63, 3.8) is 0 Å². The number of sulfonamides is 1. The van der Waals surface area contributed by atoms with Crippen molar-refractivity contribution in [2.45, 2.75) is 55.9 Å². The van der Waals surface area contributed by atoms with Crippen molar-refractivity contribution >= 4 is 10.0 Å². The van der Waals surface area contributed by atoms with Crippen LogP contribution in [-0.2, 0) is 14.8 Å². The molecule has 1 spiro atoms.